The normalized spacial score (nSPS) is 11.9. The Morgan fingerprint density at radius 3 is 2.78 bits per heavy atom. The van der Waals surface area contributed by atoms with Crippen LogP contribution in [0.15, 0.2) is 18.5 Å². The standard InChI is InChI=1S/C12H16N2O3S/c1-8-3-10(5-13-4-8)6-18-7-11(12(16)17)14-9(2)15/h3-5,11H,6-7H2,1-2H3,(H,14,15)(H,16,17). The van der Waals surface area contributed by atoms with Crippen molar-refractivity contribution in [2.45, 2.75) is 25.6 Å². The molecule has 18 heavy (non-hydrogen) atoms. The molecule has 0 spiro atoms. The number of carboxylic acid groups (broad SMARTS) is 1. The molecule has 1 aromatic heterocycles. The molecule has 0 aliphatic heterocycles. The van der Waals surface area contributed by atoms with E-state index in [4.69, 9.17) is 5.11 Å². The van der Waals surface area contributed by atoms with E-state index in [2.05, 4.69) is 10.3 Å². The topological polar surface area (TPSA) is 79.3 Å². The minimum absolute atomic E-state index is 0.333. The van der Waals surface area contributed by atoms with Crippen molar-refractivity contribution in [3.05, 3.63) is 29.6 Å². The molecule has 0 saturated heterocycles. The fourth-order valence-corrected chi connectivity index (χ4v) is 2.38. The first kappa shape index (κ1) is 14.5. The van der Waals surface area contributed by atoms with Crippen LogP contribution in [0.1, 0.15) is 18.1 Å². The number of amides is 1. The summed E-state index contributed by atoms with van der Waals surface area (Å²) >= 11 is 1.46. The van der Waals surface area contributed by atoms with Crippen molar-refractivity contribution in [1.29, 1.82) is 0 Å². The molecule has 1 unspecified atom stereocenters. The first-order chi connectivity index (χ1) is 8.49. The summed E-state index contributed by atoms with van der Waals surface area (Å²) in [6, 6.07) is 1.17. The Hall–Kier alpha value is -1.56. The number of carbonyl (C=O) groups excluding carboxylic acids is 1. The van der Waals surface area contributed by atoms with E-state index in [0.717, 1.165) is 11.1 Å². The van der Waals surface area contributed by atoms with Crippen LogP contribution in [0, 0.1) is 6.92 Å². The molecule has 0 bridgehead atoms. The van der Waals surface area contributed by atoms with Gasteiger partial charge in [-0.3, -0.25) is 9.78 Å². The summed E-state index contributed by atoms with van der Waals surface area (Å²) in [7, 11) is 0. The smallest absolute Gasteiger partial charge is 0.327 e. The maximum Gasteiger partial charge on any atom is 0.327 e. The lowest BCUT2D eigenvalue weighted by Crippen LogP contribution is -2.41. The molecule has 2 N–H and O–H groups in total. The molecule has 6 heteroatoms. The van der Waals surface area contributed by atoms with Crippen LogP contribution in [0.25, 0.3) is 0 Å². The minimum atomic E-state index is -1.01. The zero-order valence-corrected chi connectivity index (χ0v) is 11.2. The minimum Gasteiger partial charge on any atom is -0.480 e. The van der Waals surface area contributed by atoms with Crippen LogP contribution in [0.2, 0.25) is 0 Å². The Morgan fingerprint density at radius 2 is 2.22 bits per heavy atom. The van der Waals surface area contributed by atoms with Gasteiger partial charge < -0.3 is 10.4 Å². The van der Waals surface area contributed by atoms with E-state index in [1.165, 1.54) is 18.7 Å². The Kier molecular flexibility index (Phi) is 5.64. The monoisotopic (exact) mass is 268 g/mol. The van der Waals surface area contributed by atoms with Gasteiger partial charge >= 0.3 is 5.97 Å². The van der Waals surface area contributed by atoms with E-state index in [1.807, 2.05) is 13.0 Å². The summed E-state index contributed by atoms with van der Waals surface area (Å²) < 4.78 is 0. The molecule has 0 aromatic carbocycles. The van der Waals surface area contributed by atoms with Crippen molar-refractivity contribution >= 4 is 23.6 Å². The summed E-state index contributed by atoms with van der Waals surface area (Å²) in [4.78, 5) is 25.8. The average molecular weight is 268 g/mol. The molecule has 0 fully saturated rings. The molecule has 1 atom stereocenters. The van der Waals surface area contributed by atoms with Crippen LogP contribution in [-0.4, -0.2) is 33.8 Å². The molecular weight excluding hydrogens is 252 g/mol. The predicted molar refractivity (Wildman–Crippen MR) is 70.4 cm³/mol. The third-order valence-corrected chi connectivity index (χ3v) is 3.27. The van der Waals surface area contributed by atoms with E-state index in [0.29, 0.717) is 11.5 Å². The van der Waals surface area contributed by atoms with E-state index in [9.17, 15) is 9.59 Å². The van der Waals surface area contributed by atoms with Gasteiger partial charge in [0.2, 0.25) is 5.91 Å². The Balaban J connectivity index is 2.43. The number of nitrogens with one attached hydrogen (secondary N) is 1. The highest BCUT2D eigenvalue weighted by Crippen LogP contribution is 2.13. The van der Waals surface area contributed by atoms with Crippen LogP contribution in [0.3, 0.4) is 0 Å². The number of aryl methyl sites for hydroxylation is 1. The van der Waals surface area contributed by atoms with Crippen molar-refractivity contribution in [1.82, 2.24) is 10.3 Å². The zero-order valence-electron chi connectivity index (χ0n) is 10.3. The van der Waals surface area contributed by atoms with Gasteiger partial charge in [-0.25, -0.2) is 4.79 Å². The first-order valence-corrected chi connectivity index (χ1v) is 6.62. The van der Waals surface area contributed by atoms with Crippen LogP contribution in [0.4, 0.5) is 0 Å². The second-order valence-corrected chi connectivity index (χ2v) is 5.01. The van der Waals surface area contributed by atoms with Gasteiger partial charge in [-0.2, -0.15) is 11.8 Å². The number of carbonyl (C=O) groups is 2. The van der Waals surface area contributed by atoms with Crippen molar-refractivity contribution in [3.8, 4) is 0 Å². The van der Waals surface area contributed by atoms with Gasteiger partial charge in [0.15, 0.2) is 0 Å². The number of nitrogens with zero attached hydrogens (tertiary/aromatic N) is 1. The van der Waals surface area contributed by atoms with Gasteiger partial charge in [0, 0.05) is 30.8 Å². The second kappa shape index (κ2) is 7.00. The molecule has 1 rings (SSSR count). The number of hydrogen-bond acceptors (Lipinski definition) is 4. The van der Waals surface area contributed by atoms with Crippen LogP contribution in [-0.2, 0) is 15.3 Å². The highest BCUT2D eigenvalue weighted by atomic mass is 32.2. The quantitative estimate of drug-likeness (QED) is 0.810. The highest BCUT2D eigenvalue weighted by molar-refractivity contribution is 7.98. The van der Waals surface area contributed by atoms with Gasteiger partial charge in [0.25, 0.3) is 0 Å². The predicted octanol–water partition coefficient (Wildman–Crippen LogP) is 1.21. The first-order valence-electron chi connectivity index (χ1n) is 5.47. The molecule has 98 valence electrons. The number of pyridine rings is 1. The zero-order chi connectivity index (χ0) is 13.5. The molecule has 1 aromatic rings. The van der Waals surface area contributed by atoms with E-state index >= 15 is 0 Å². The molecule has 0 aliphatic carbocycles. The maximum absolute atomic E-state index is 10.9. The summed E-state index contributed by atoms with van der Waals surface area (Å²) in [6.45, 7) is 3.27. The van der Waals surface area contributed by atoms with Crippen molar-refractivity contribution in [2.75, 3.05) is 5.75 Å². The Bertz CT molecular complexity index is 437. The van der Waals surface area contributed by atoms with Gasteiger partial charge in [0.05, 0.1) is 0 Å². The van der Waals surface area contributed by atoms with Crippen molar-refractivity contribution < 1.29 is 14.7 Å². The summed E-state index contributed by atoms with van der Waals surface area (Å²) in [6.07, 6.45) is 3.53. The lowest BCUT2D eigenvalue weighted by atomic mass is 10.2. The molecule has 0 radical (unpaired) electrons. The molecule has 5 nitrogen and oxygen atoms in total. The third-order valence-electron chi connectivity index (χ3n) is 2.16. The van der Waals surface area contributed by atoms with Gasteiger partial charge in [-0.15, -0.1) is 0 Å². The van der Waals surface area contributed by atoms with Crippen LogP contribution < -0.4 is 5.32 Å². The van der Waals surface area contributed by atoms with Crippen LogP contribution >= 0.6 is 11.8 Å². The highest BCUT2D eigenvalue weighted by Gasteiger charge is 2.17. The fraction of sp³-hybridized carbons (Fsp3) is 0.417. The number of aromatic nitrogens is 1. The average Bonchev–Trinajstić information content (AvgIpc) is 2.27. The summed E-state index contributed by atoms with van der Waals surface area (Å²) in [5.74, 6) is -0.332. The van der Waals surface area contributed by atoms with E-state index < -0.39 is 12.0 Å². The summed E-state index contributed by atoms with van der Waals surface area (Å²) in [5, 5.41) is 11.3. The SMILES string of the molecule is CC(=O)NC(CSCc1cncc(C)c1)C(=O)O. The van der Waals surface area contributed by atoms with Gasteiger partial charge in [-0.1, -0.05) is 6.07 Å². The molecular formula is C12H16N2O3S. The Labute approximate surface area is 110 Å². The number of aliphatic carboxylic acids is 1. The van der Waals surface area contributed by atoms with E-state index in [-0.39, 0.29) is 5.91 Å². The van der Waals surface area contributed by atoms with Crippen molar-refractivity contribution in [3.63, 3.8) is 0 Å². The lowest BCUT2D eigenvalue weighted by molar-refractivity contribution is -0.140. The molecule has 1 heterocycles. The summed E-state index contributed by atoms with van der Waals surface area (Å²) in [5.41, 5.74) is 2.12. The second-order valence-electron chi connectivity index (χ2n) is 3.98. The molecule has 1 amide bonds. The molecule has 0 aliphatic rings. The Morgan fingerprint density at radius 1 is 1.50 bits per heavy atom. The fourth-order valence-electron chi connectivity index (χ4n) is 1.41. The number of carboxylic acids is 1. The largest absolute Gasteiger partial charge is 0.480 e. The number of thioether (sulfide) groups is 1. The number of rotatable bonds is 6. The third kappa shape index (κ3) is 5.18. The van der Waals surface area contributed by atoms with E-state index in [1.54, 1.807) is 12.4 Å². The maximum atomic E-state index is 10.9. The van der Waals surface area contributed by atoms with Gasteiger partial charge in [-0.05, 0) is 18.1 Å². The van der Waals surface area contributed by atoms with Gasteiger partial charge in [0.1, 0.15) is 6.04 Å². The van der Waals surface area contributed by atoms with Crippen molar-refractivity contribution in [2.24, 2.45) is 0 Å². The molecule has 0 saturated carbocycles. The lowest BCUT2D eigenvalue weighted by Gasteiger charge is -2.12. The van der Waals surface area contributed by atoms with Crippen LogP contribution in [0.5, 0.6) is 0 Å². The number of hydrogen-bond donors (Lipinski definition) is 2.